The molecular formula is C29H30N2. The Balaban J connectivity index is 1.54. The zero-order chi connectivity index (χ0) is 21.6. The van der Waals surface area contributed by atoms with Gasteiger partial charge in [-0.2, -0.15) is 0 Å². The van der Waals surface area contributed by atoms with E-state index in [1.165, 1.54) is 33.4 Å². The molecule has 1 aromatic heterocycles. The maximum atomic E-state index is 3.59. The maximum absolute atomic E-state index is 3.59. The second-order valence-electron chi connectivity index (χ2n) is 9.76. The van der Waals surface area contributed by atoms with E-state index in [4.69, 9.17) is 0 Å². The van der Waals surface area contributed by atoms with Crippen LogP contribution in [-0.4, -0.2) is 4.57 Å². The van der Waals surface area contributed by atoms with Crippen molar-refractivity contribution < 1.29 is 0 Å². The van der Waals surface area contributed by atoms with Crippen LogP contribution in [0.15, 0.2) is 78.9 Å². The van der Waals surface area contributed by atoms with Crippen molar-refractivity contribution in [2.24, 2.45) is 5.92 Å². The molecule has 0 saturated carbocycles. The van der Waals surface area contributed by atoms with Crippen LogP contribution in [0.5, 0.6) is 0 Å². The van der Waals surface area contributed by atoms with E-state index in [1.807, 2.05) is 0 Å². The number of allylic oxidation sites excluding steroid dienone is 1. The zero-order valence-electron chi connectivity index (χ0n) is 18.8. The average Bonchev–Trinajstić information content (AvgIpc) is 3.07. The third-order valence-corrected chi connectivity index (χ3v) is 6.27. The van der Waals surface area contributed by atoms with Crippen LogP contribution >= 0.6 is 0 Å². The van der Waals surface area contributed by atoms with Crippen LogP contribution in [0.4, 0.5) is 11.4 Å². The van der Waals surface area contributed by atoms with E-state index >= 15 is 0 Å². The largest absolute Gasteiger partial charge is 0.355 e. The molecule has 31 heavy (non-hydrogen) atoms. The summed E-state index contributed by atoms with van der Waals surface area (Å²) in [4.78, 5) is 0. The summed E-state index contributed by atoms with van der Waals surface area (Å²) in [5, 5.41) is 4.92. The zero-order valence-corrected chi connectivity index (χ0v) is 18.8. The molecule has 1 aliphatic carbocycles. The molecule has 0 amide bonds. The van der Waals surface area contributed by atoms with Crippen molar-refractivity contribution in [3.8, 4) is 5.69 Å². The van der Waals surface area contributed by atoms with Crippen molar-refractivity contribution in [2.45, 2.75) is 39.5 Å². The van der Waals surface area contributed by atoms with Gasteiger partial charge in [-0.05, 0) is 59.7 Å². The number of para-hydroxylation sites is 1. The number of hydrogen-bond acceptors (Lipinski definition) is 1. The predicted molar refractivity (Wildman–Crippen MR) is 134 cm³/mol. The summed E-state index contributed by atoms with van der Waals surface area (Å²) < 4.78 is 2.44. The lowest BCUT2D eigenvalue weighted by Crippen LogP contribution is -2.10. The molecule has 0 aliphatic heterocycles. The van der Waals surface area contributed by atoms with Gasteiger partial charge in [-0.15, -0.1) is 0 Å². The standard InChI is InChI=1S/C29H30N2/c1-20-12-17-26-25-10-5-6-11-27(25)31(28(26)18-20)24-9-7-8-23(19-24)30-22-15-13-21(14-16-22)29(2,3)4/h5-17,19-20,30H,18H2,1-4H3. The molecule has 2 heteroatoms. The third kappa shape index (κ3) is 3.67. The van der Waals surface area contributed by atoms with Crippen molar-refractivity contribution in [3.63, 3.8) is 0 Å². The fourth-order valence-corrected chi connectivity index (χ4v) is 4.58. The highest BCUT2D eigenvalue weighted by Crippen LogP contribution is 2.36. The van der Waals surface area contributed by atoms with Gasteiger partial charge in [0.25, 0.3) is 0 Å². The van der Waals surface area contributed by atoms with Gasteiger partial charge in [0, 0.05) is 33.7 Å². The second-order valence-corrected chi connectivity index (χ2v) is 9.76. The molecule has 156 valence electrons. The minimum atomic E-state index is 0.165. The maximum Gasteiger partial charge on any atom is 0.0537 e. The highest BCUT2D eigenvalue weighted by Gasteiger charge is 2.21. The molecular weight excluding hydrogens is 376 g/mol. The Morgan fingerprint density at radius 2 is 1.65 bits per heavy atom. The molecule has 0 spiro atoms. The number of rotatable bonds is 3. The van der Waals surface area contributed by atoms with E-state index < -0.39 is 0 Å². The van der Waals surface area contributed by atoms with E-state index in [-0.39, 0.29) is 5.41 Å². The van der Waals surface area contributed by atoms with E-state index in [1.54, 1.807) is 0 Å². The smallest absolute Gasteiger partial charge is 0.0537 e. The molecule has 0 saturated heterocycles. The van der Waals surface area contributed by atoms with Crippen molar-refractivity contribution >= 4 is 28.4 Å². The normalized spacial score (nSPS) is 15.8. The fourth-order valence-electron chi connectivity index (χ4n) is 4.58. The van der Waals surface area contributed by atoms with Crippen molar-refractivity contribution in [1.29, 1.82) is 0 Å². The summed E-state index contributed by atoms with van der Waals surface area (Å²) in [6.07, 6.45) is 5.70. The number of benzene rings is 3. The van der Waals surface area contributed by atoms with Crippen molar-refractivity contribution in [1.82, 2.24) is 4.57 Å². The van der Waals surface area contributed by atoms with E-state index in [0.717, 1.165) is 17.8 Å². The van der Waals surface area contributed by atoms with Crippen molar-refractivity contribution in [2.75, 3.05) is 5.32 Å². The lowest BCUT2D eigenvalue weighted by atomic mass is 9.87. The molecule has 3 aromatic carbocycles. The predicted octanol–water partition coefficient (Wildman–Crippen LogP) is 7.88. The minimum absolute atomic E-state index is 0.165. The number of anilines is 2. The van der Waals surface area contributed by atoms with Crippen LogP contribution in [0.1, 0.15) is 44.5 Å². The average molecular weight is 407 g/mol. The van der Waals surface area contributed by atoms with Gasteiger partial charge in [-0.3, -0.25) is 0 Å². The fraction of sp³-hybridized carbons (Fsp3) is 0.241. The lowest BCUT2D eigenvalue weighted by molar-refractivity contribution is 0.590. The summed E-state index contributed by atoms with van der Waals surface area (Å²) >= 11 is 0. The molecule has 1 atom stereocenters. The Labute approximate surface area is 185 Å². The summed E-state index contributed by atoms with van der Waals surface area (Å²) in [5.41, 5.74) is 8.98. The van der Waals surface area contributed by atoms with Crippen LogP contribution in [0, 0.1) is 5.92 Å². The van der Waals surface area contributed by atoms with Gasteiger partial charge in [-0.1, -0.05) is 76.2 Å². The van der Waals surface area contributed by atoms with E-state index in [2.05, 4.69) is 123 Å². The summed E-state index contributed by atoms with van der Waals surface area (Å²) in [5.74, 6) is 0.554. The molecule has 0 radical (unpaired) electrons. The molecule has 5 rings (SSSR count). The molecule has 1 unspecified atom stereocenters. The lowest BCUT2D eigenvalue weighted by Gasteiger charge is -2.20. The van der Waals surface area contributed by atoms with Gasteiger partial charge in [0.05, 0.1) is 5.52 Å². The first kappa shape index (κ1) is 19.7. The Morgan fingerprint density at radius 1 is 0.871 bits per heavy atom. The van der Waals surface area contributed by atoms with Gasteiger partial charge < -0.3 is 9.88 Å². The summed E-state index contributed by atoms with van der Waals surface area (Å²) in [7, 11) is 0. The molecule has 1 N–H and O–H groups in total. The van der Waals surface area contributed by atoms with Crippen LogP contribution in [-0.2, 0) is 11.8 Å². The van der Waals surface area contributed by atoms with Gasteiger partial charge in [0.1, 0.15) is 0 Å². The second kappa shape index (κ2) is 7.46. The van der Waals surface area contributed by atoms with Crippen LogP contribution in [0.3, 0.4) is 0 Å². The van der Waals surface area contributed by atoms with Crippen LogP contribution < -0.4 is 5.32 Å². The van der Waals surface area contributed by atoms with Gasteiger partial charge >= 0.3 is 0 Å². The quantitative estimate of drug-likeness (QED) is 0.366. The topological polar surface area (TPSA) is 17.0 Å². The Bertz CT molecular complexity index is 1270. The highest BCUT2D eigenvalue weighted by atomic mass is 15.0. The monoisotopic (exact) mass is 406 g/mol. The molecule has 1 heterocycles. The summed E-state index contributed by atoms with van der Waals surface area (Å²) in [6, 6.07) is 26.3. The minimum Gasteiger partial charge on any atom is -0.355 e. The number of nitrogens with one attached hydrogen (secondary N) is 1. The first-order valence-corrected chi connectivity index (χ1v) is 11.2. The Morgan fingerprint density at radius 3 is 2.42 bits per heavy atom. The first-order valence-electron chi connectivity index (χ1n) is 11.2. The number of hydrogen-bond donors (Lipinski definition) is 1. The molecule has 0 fully saturated rings. The highest BCUT2D eigenvalue weighted by molar-refractivity contribution is 5.93. The third-order valence-electron chi connectivity index (χ3n) is 6.27. The van der Waals surface area contributed by atoms with Gasteiger partial charge in [0.15, 0.2) is 0 Å². The van der Waals surface area contributed by atoms with Crippen molar-refractivity contribution in [3.05, 3.63) is 95.7 Å². The molecule has 0 bridgehead atoms. The molecule has 4 aromatic rings. The SMILES string of the molecule is CC1C=Cc2c(n(-c3cccc(Nc4ccc(C(C)(C)C)cc4)c3)c3ccccc23)C1. The molecule has 1 aliphatic rings. The van der Waals surface area contributed by atoms with Crippen LogP contribution in [0.25, 0.3) is 22.7 Å². The number of nitrogens with zero attached hydrogens (tertiary/aromatic N) is 1. The van der Waals surface area contributed by atoms with Gasteiger partial charge in [0.2, 0.25) is 0 Å². The summed E-state index contributed by atoms with van der Waals surface area (Å²) in [6.45, 7) is 9.03. The number of fused-ring (bicyclic) bond motifs is 3. The Hall–Kier alpha value is -3.26. The van der Waals surface area contributed by atoms with Crippen LogP contribution in [0.2, 0.25) is 0 Å². The van der Waals surface area contributed by atoms with E-state index in [0.29, 0.717) is 5.92 Å². The first-order chi connectivity index (χ1) is 14.9. The molecule has 2 nitrogen and oxygen atoms in total. The van der Waals surface area contributed by atoms with Gasteiger partial charge in [-0.25, -0.2) is 0 Å². The Kier molecular flexibility index (Phi) is 4.74. The van der Waals surface area contributed by atoms with E-state index in [9.17, 15) is 0 Å². The number of aromatic nitrogens is 1.